The van der Waals surface area contributed by atoms with Gasteiger partial charge >= 0.3 is 11.9 Å². The van der Waals surface area contributed by atoms with Crippen molar-refractivity contribution in [2.45, 2.75) is 18.6 Å². The first-order valence-corrected chi connectivity index (χ1v) is 5.97. The van der Waals surface area contributed by atoms with Crippen molar-refractivity contribution < 1.29 is 24.5 Å². The van der Waals surface area contributed by atoms with Crippen molar-refractivity contribution in [1.29, 1.82) is 0 Å². The van der Waals surface area contributed by atoms with Crippen molar-refractivity contribution in [1.82, 2.24) is 5.32 Å². The van der Waals surface area contributed by atoms with Gasteiger partial charge < -0.3 is 20.3 Å². The van der Waals surface area contributed by atoms with Gasteiger partial charge in [0.1, 0.15) is 17.9 Å². The van der Waals surface area contributed by atoms with Crippen molar-refractivity contribution in [2.75, 3.05) is 6.54 Å². The second-order valence-corrected chi connectivity index (χ2v) is 4.46. The van der Waals surface area contributed by atoms with E-state index in [4.69, 9.17) is 14.9 Å². The van der Waals surface area contributed by atoms with Gasteiger partial charge in [-0.15, -0.1) is 0 Å². The van der Waals surface area contributed by atoms with E-state index >= 15 is 0 Å². The molecule has 0 saturated carbocycles. The van der Waals surface area contributed by atoms with Gasteiger partial charge in [0.05, 0.1) is 6.42 Å². The molecule has 0 spiro atoms. The van der Waals surface area contributed by atoms with Gasteiger partial charge in [-0.1, -0.05) is 18.2 Å². The molecule has 1 aromatic rings. The zero-order valence-corrected chi connectivity index (χ0v) is 10.2. The van der Waals surface area contributed by atoms with Gasteiger partial charge in [-0.25, -0.2) is 0 Å². The Bertz CT molecular complexity index is 461. The summed E-state index contributed by atoms with van der Waals surface area (Å²) >= 11 is 0. The van der Waals surface area contributed by atoms with E-state index in [1.165, 1.54) is 0 Å². The summed E-state index contributed by atoms with van der Waals surface area (Å²) < 4.78 is 5.68. The summed E-state index contributed by atoms with van der Waals surface area (Å²) in [6, 6.07) is 8.08. The van der Waals surface area contributed by atoms with E-state index in [9.17, 15) is 9.59 Å². The normalized spacial score (nSPS) is 26.0. The number of hydrogen-bond acceptors (Lipinski definition) is 4. The molecule has 1 saturated heterocycles. The number of ether oxygens (including phenoxy) is 1. The molecule has 0 amide bonds. The van der Waals surface area contributed by atoms with E-state index in [1.54, 1.807) is 24.3 Å². The lowest BCUT2D eigenvalue weighted by atomic mass is 9.94. The minimum Gasteiger partial charge on any atom is -0.489 e. The molecule has 1 aliphatic rings. The van der Waals surface area contributed by atoms with Gasteiger partial charge in [0.2, 0.25) is 0 Å². The highest BCUT2D eigenvalue weighted by atomic mass is 16.5. The van der Waals surface area contributed by atoms with E-state index in [1.807, 2.05) is 6.07 Å². The fourth-order valence-electron chi connectivity index (χ4n) is 2.28. The van der Waals surface area contributed by atoms with Crippen molar-refractivity contribution in [3.05, 3.63) is 30.3 Å². The van der Waals surface area contributed by atoms with Crippen molar-refractivity contribution in [3.8, 4) is 5.75 Å². The van der Waals surface area contributed by atoms with Crippen LogP contribution in [-0.4, -0.2) is 40.8 Å². The number of hydrogen-bond donors (Lipinski definition) is 3. The number of benzene rings is 1. The predicted molar refractivity (Wildman–Crippen MR) is 66.0 cm³/mol. The van der Waals surface area contributed by atoms with Crippen molar-refractivity contribution in [3.63, 3.8) is 0 Å². The van der Waals surface area contributed by atoms with Crippen LogP contribution in [0.4, 0.5) is 0 Å². The van der Waals surface area contributed by atoms with Crippen molar-refractivity contribution in [2.24, 2.45) is 5.92 Å². The lowest BCUT2D eigenvalue weighted by molar-refractivity contribution is -0.142. The van der Waals surface area contributed by atoms with Gasteiger partial charge in [-0.05, 0) is 12.1 Å². The van der Waals surface area contributed by atoms with Crippen LogP contribution in [0.25, 0.3) is 0 Å². The van der Waals surface area contributed by atoms with Crippen LogP contribution >= 0.6 is 0 Å². The predicted octanol–water partition coefficient (Wildman–Crippen LogP) is 0.581. The quantitative estimate of drug-likeness (QED) is 0.720. The van der Waals surface area contributed by atoms with E-state index in [0.717, 1.165) is 0 Å². The molecular weight excluding hydrogens is 250 g/mol. The van der Waals surface area contributed by atoms with E-state index < -0.39 is 30.0 Å². The Labute approximate surface area is 110 Å². The summed E-state index contributed by atoms with van der Waals surface area (Å²) in [7, 11) is 0. The zero-order valence-electron chi connectivity index (χ0n) is 10.2. The Morgan fingerprint density at radius 1 is 1.26 bits per heavy atom. The molecule has 1 heterocycles. The molecule has 1 aliphatic heterocycles. The summed E-state index contributed by atoms with van der Waals surface area (Å²) in [5.41, 5.74) is 0. The maximum Gasteiger partial charge on any atom is 0.321 e. The second kappa shape index (κ2) is 5.71. The van der Waals surface area contributed by atoms with Crippen LogP contribution in [0.15, 0.2) is 30.3 Å². The number of para-hydroxylation sites is 1. The largest absolute Gasteiger partial charge is 0.489 e. The number of aliphatic carboxylic acids is 2. The average molecular weight is 265 g/mol. The van der Waals surface area contributed by atoms with Crippen LogP contribution in [0.1, 0.15) is 6.42 Å². The molecule has 19 heavy (non-hydrogen) atoms. The van der Waals surface area contributed by atoms with Gasteiger partial charge in [0, 0.05) is 12.5 Å². The molecule has 2 rings (SSSR count). The first-order valence-electron chi connectivity index (χ1n) is 5.97. The second-order valence-electron chi connectivity index (χ2n) is 4.46. The molecule has 3 N–H and O–H groups in total. The maximum absolute atomic E-state index is 11.1. The molecule has 6 heteroatoms. The number of nitrogens with one attached hydrogen (secondary N) is 1. The Balaban J connectivity index is 2.10. The molecule has 6 nitrogen and oxygen atoms in total. The van der Waals surface area contributed by atoms with Crippen LogP contribution in [-0.2, 0) is 9.59 Å². The van der Waals surface area contributed by atoms with Crippen molar-refractivity contribution >= 4 is 11.9 Å². The molecule has 0 aromatic heterocycles. The summed E-state index contributed by atoms with van der Waals surface area (Å²) in [5, 5.41) is 20.7. The number of carbonyl (C=O) groups is 2. The minimum absolute atomic E-state index is 0.235. The standard InChI is InChI=1S/C13H15NO5/c15-11(16)6-9-10(7-14-12(9)13(17)18)19-8-4-2-1-3-5-8/h1-5,9-10,12,14H,6-7H2,(H,15,16)(H,17,18)/t9-,10+,12-/m0/s1. The van der Waals surface area contributed by atoms with Gasteiger partial charge in [0.25, 0.3) is 0 Å². The fraction of sp³-hybridized carbons (Fsp3) is 0.385. The average Bonchev–Trinajstić information content (AvgIpc) is 2.73. The molecule has 1 aromatic carbocycles. The topological polar surface area (TPSA) is 95.9 Å². The highest BCUT2D eigenvalue weighted by molar-refractivity contribution is 5.76. The van der Waals surface area contributed by atoms with Gasteiger partial charge in [0.15, 0.2) is 0 Å². The fourth-order valence-corrected chi connectivity index (χ4v) is 2.28. The van der Waals surface area contributed by atoms with E-state index in [2.05, 4.69) is 5.32 Å². The Hall–Kier alpha value is -2.08. The molecule has 1 fully saturated rings. The highest BCUT2D eigenvalue weighted by Gasteiger charge is 2.42. The minimum atomic E-state index is -1.05. The van der Waals surface area contributed by atoms with Crippen LogP contribution in [0.5, 0.6) is 5.75 Å². The number of rotatable bonds is 5. The molecule has 0 radical (unpaired) electrons. The molecule has 3 atom stereocenters. The molecule has 0 unspecified atom stereocenters. The van der Waals surface area contributed by atoms with Gasteiger partial charge in [-0.2, -0.15) is 0 Å². The lowest BCUT2D eigenvalue weighted by Gasteiger charge is -2.21. The van der Waals surface area contributed by atoms with Crippen LogP contribution in [0, 0.1) is 5.92 Å². The first-order chi connectivity index (χ1) is 9.08. The third kappa shape index (κ3) is 3.23. The van der Waals surface area contributed by atoms with Crippen LogP contribution < -0.4 is 10.1 Å². The maximum atomic E-state index is 11.1. The Morgan fingerprint density at radius 3 is 2.53 bits per heavy atom. The SMILES string of the molecule is O=C(O)C[C@@H]1[C@@H](C(=O)O)NC[C@H]1Oc1ccccc1. The third-order valence-corrected chi connectivity index (χ3v) is 3.15. The molecule has 102 valence electrons. The summed E-state index contributed by atoms with van der Waals surface area (Å²) in [4.78, 5) is 21.9. The van der Waals surface area contributed by atoms with Crippen LogP contribution in [0.3, 0.4) is 0 Å². The Morgan fingerprint density at radius 2 is 1.95 bits per heavy atom. The van der Waals surface area contributed by atoms with Gasteiger partial charge in [-0.3, -0.25) is 9.59 Å². The monoisotopic (exact) mass is 265 g/mol. The van der Waals surface area contributed by atoms with E-state index in [0.29, 0.717) is 12.3 Å². The molecule has 0 bridgehead atoms. The molecule has 0 aliphatic carbocycles. The molecular formula is C13H15NO5. The first kappa shape index (κ1) is 13.4. The summed E-state index contributed by atoms with van der Waals surface area (Å²) in [5.74, 6) is -2.06. The summed E-state index contributed by atoms with van der Waals surface area (Å²) in [6.07, 6.45) is -0.693. The zero-order chi connectivity index (χ0) is 13.8. The highest BCUT2D eigenvalue weighted by Crippen LogP contribution is 2.25. The number of carboxylic acids is 2. The van der Waals surface area contributed by atoms with E-state index in [-0.39, 0.29) is 6.42 Å². The van der Waals surface area contributed by atoms with Crippen LogP contribution in [0.2, 0.25) is 0 Å². The summed E-state index contributed by atoms with van der Waals surface area (Å²) in [6.45, 7) is 0.323. The third-order valence-electron chi connectivity index (χ3n) is 3.15. The smallest absolute Gasteiger partial charge is 0.321 e. The number of carboxylic acid groups (broad SMARTS) is 2. The lowest BCUT2D eigenvalue weighted by Crippen LogP contribution is -2.38. The Kier molecular flexibility index (Phi) is 4.01.